The first-order chi connectivity index (χ1) is 8.31. The fourth-order valence-corrected chi connectivity index (χ4v) is 0.699. The van der Waals surface area contributed by atoms with Gasteiger partial charge in [0, 0.05) is 6.42 Å². The molecule has 3 N–H and O–H groups in total. The molecule has 1 unspecified atom stereocenters. The van der Waals surface area contributed by atoms with Crippen molar-refractivity contribution < 1.29 is 29.1 Å². The average molecular weight is 323 g/mol. The zero-order valence-corrected chi connectivity index (χ0v) is 12.1. The second-order valence-electron chi connectivity index (χ2n) is 2.91. The first-order valence-electron chi connectivity index (χ1n) is 4.91. The van der Waals surface area contributed by atoms with E-state index in [1.807, 2.05) is 0 Å². The van der Waals surface area contributed by atoms with E-state index in [9.17, 15) is 4.57 Å². The molecule has 108 valence electrons. The molecule has 0 spiro atoms. The summed E-state index contributed by atoms with van der Waals surface area (Å²) in [4.78, 5) is 7.61. The van der Waals surface area contributed by atoms with E-state index in [2.05, 4.69) is 28.4 Å². The number of halogens is 2. The maximum Gasteiger partial charge on any atom is 0.377 e. The standard InChI is InChI=1S/C9H16O4.Cl2HO2P/c1-2-3-9(11)8-13-7-6-12-5-4-10;1-5(2,3)4/h1,9-11H,3-8H2;(H,3,4). The van der Waals surface area contributed by atoms with Crippen molar-refractivity contribution in [2.24, 2.45) is 0 Å². The minimum absolute atomic E-state index is 0.0136. The molecule has 1 atom stereocenters. The van der Waals surface area contributed by atoms with E-state index in [0.29, 0.717) is 26.2 Å². The first-order valence-corrected chi connectivity index (χ1v) is 8.38. The van der Waals surface area contributed by atoms with Crippen molar-refractivity contribution >= 4 is 28.6 Å². The largest absolute Gasteiger partial charge is 0.394 e. The Balaban J connectivity index is 0. The maximum atomic E-state index is 9.30. The molecule has 0 amide bonds. The summed E-state index contributed by atoms with van der Waals surface area (Å²) in [5, 5.41) is 17.5. The Hall–Kier alpha value is 0.170. The first kappa shape index (κ1) is 20.5. The van der Waals surface area contributed by atoms with Crippen LogP contribution >= 0.6 is 28.6 Å². The number of hydrogen-bond donors (Lipinski definition) is 3. The third kappa shape index (κ3) is 29.8. The molecule has 0 rings (SSSR count). The second kappa shape index (κ2) is 13.6. The lowest BCUT2D eigenvalue weighted by Gasteiger charge is -2.08. The Kier molecular flexibility index (Phi) is 15.5. The summed E-state index contributed by atoms with van der Waals surface area (Å²) >= 11 is 8.81. The van der Waals surface area contributed by atoms with E-state index in [-0.39, 0.29) is 13.2 Å². The number of ether oxygens (including phenoxy) is 2. The summed E-state index contributed by atoms with van der Waals surface area (Å²) in [5.74, 6) is 2.33. The van der Waals surface area contributed by atoms with Gasteiger partial charge < -0.3 is 24.6 Å². The Morgan fingerprint density at radius 2 is 1.78 bits per heavy atom. The van der Waals surface area contributed by atoms with Crippen LogP contribution in [0.25, 0.3) is 0 Å². The molecule has 0 bridgehead atoms. The van der Waals surface area contributed by atoms with Crippen LogP contribution < -0.4 is 0 Å². The number of terminal acetylenes is 1. The molecule has 0 saturated carbocycles. The number of aliphatic hydroxyl groups is 2. The fraction of sp³-hybridized carbons (Fsp3) is 0.778. The minimum Gasteiger partial charge on any atom is -0.394 e. The summed E-state index contributed by atoms with van der Waals surface area (Å²) in [6.07, 6.45) is 0.995. The molecule has 0 radical (unpaired) electrons. The zero-order chi connectivity index (χ0) is 14.4. The van der Waals surface area contributed by atoms with Gasteiger partial charge in [0.25, 0.3) is 0 Å². The summed E-state index contributed by atoms with van der Waals surface area (Å²) in [5.41, 5.74) is 0. The van der Waals surface area contributed by atoms with E-state index in [1.54, 1.807) is 0 Å². The van der Waals surface area contributed by atoms with Crippen LogP contribution in [0.4, 0.5) is 0 Å². The van der Waals surface area contributed by atoms with Gasteiger partial charge in [-0.05, 0) is 22.5 Å². The van der Waals surface area contributed by atoms with E-state index in [0.717, 1.165) is 0 Å². The van der Waals surface area contributed by atoms with E-state index < -0.39 is 12.2 Å². The molecule has 0 fully saturated rings. The summed E-state index contributed by atoms with van der Waals surface area (Å²) < 4.78 is 19.3. The Morgan fingerprint density at radius 3 is 2.22 bits per heavy atom. The fourth-order valence-electron chi connectivity index (χ4n) is 0.699. The highest BCUT2D eigenvalue weighted by Gasteiger charge is 2.02. The molecule has 6 nitrogen and oxygen atoms in total. The van der Waals surface area contributed by atoms with Crippen molar-refractivity contribution in [3.63, 3.8) is 0 Å². The number of hydrogen-bond acceptors (Lipinski definition) is 5. The van der Waals surface area contributed by atoms with Crippen molar-refractivity contribution in [3.8, 4) is 12.3 Å². The minimum atomic E-state index is -3.69. The Bertz CT molecular complexity index is 256. The highest BCUT2D eigenvalue weighted by atomic mass is 35.9. The monoisotopic (exact) mass is 322 g/mol. The molecular weight excluding hydrogens is 306 g/mol. The smallest absolute Gasteiger partial charge is 0.377 e. The maximum absolute atomic E-state index is 9.30. The van der Waals surface area contributed by atoms with E-state index in [4.69, 9.17) is 31.0 Å². The molecule has 0 heterocycles. The molecule has 0 aromatic rings. The van der Waals surface area contributed by atoms with Crippen molar-refractivity contribution in [1.82, 2.24) is 0 Å². The van der Waals surface area contributed by atoms with Crippen LogP contribution in [-0.2, 0) is 14.0 Å². The van der Waals surface area contributed by atoms with Crippen LogP contribution in [0.15, 0.2) is 0 Å². The molecular formula is C9H17Cl2O6P. The third-order valence-corrected chi connectivity index (χ3v) is 1.27. The second-order valence-corrected chi connectivity index (χ2v) is 7.05. The summed E-state index contributed by atoms with van der Waals surface area (Å²) in [6.45, 7) is 1.38. The molecule has 0 aliphatic heterocycles. The topological polar surface area (TPSA) is 96.2 Å². The molecule has 0 aliphatic rings. The van der Waals surface area contributed by atoms with Gasteiger partial charge in [0.05, 0.1) is 39.1 Å². The SMILES string of the molecule is C#CCC(O)COCCOCCO.O=P(O)(Cl)Cl. The highest BCUT2D eigenvalue weighted by molar-refractivity contribution is 8.04. The van der Waals surface area contributed by atoms with Crippen molar-refractivity contribution in [2.75, 3.05) is 33.0 Å². The molecule has 0 aromatic carbocycles. The van der Waals surface area contributed by atoms with Gasteiger partial charge in [0.15, 0.2) is 0 Å². The number of rotatable bonds is 8. The summed E-state index contributed by atoms with van der Waals surface area (Å²) in [6, 6.07) is 0. The Labute approximate surface area is 116 Å². The van der Waals surface area contributed by atoms with Crippen molar-refractivity contribution in [1.29, 1.82) is 0 Å². The molecule has 0 aromatic heterocycles. The zero-order valence-electron chi connectivity index (χ0n) is 9.67. The predicted octanol–water partition coefficient (Wildman–Crippen LogP) is 0.960. The lowest BCUT2D eigenvalue weighted by molar-refractivity contribution is -0.000475. The normalized spacial score (nSPS) is 12.2. The molecule has 9 heteroatoms. The Morgan fingerprint density at radius 1 is 1.28 bits per heavy atom. The van der Waals surface area contributed by atoms with Crippen molar-refractivity contribution in [2.45, 2.75) is 12.5 Å². The van der Waals surface area contributed by atoms with Gasteiger partial charge >= 0.3 is 6.07 Å². The van der Waals surface area contributed by atoms with Gasteiger partial charge in [0.2, 0.25) is 0 Å². The van der Waals surface area contributed by atoms with Gasteiger partial charge in [0.1, 0.15) is 0 Å². The van der Waals surface area contributed by atoms with Gasteiger partial charge in [-0.3, -0.25) is 4.57 Å². The molecule has 18 heavy (non-hydrogen) atoms. The van der Waals surface area contributed by atoms with Gasteiger partial charge in [-0.15, -0.1) is 12.3 Å². The van der Waals surface area contributed by atoms with Crippen LogP contribution in [0.5, 0.6) is 0 Å². The molecule has 0 aliphatic carbocycles. The lowest BCUT2D eigenvalue weighted by Crippen LogP contribution is -2.17. The molecule has 0 saturated heterocycles. The number of aliphatic hydroxyl groups excluding tert-OH is 2. The van der Waals surface area contributed by atoms with E-state index in [1.165, 1.54) is 0 Å². The van der Waals surface area contributed by atoms with Crippen LogP contribution in [0.2, 0.25) is 0 Å². The van der Waals surface area contributed by atoms with Gasteiger partial charge in [-0.25, -0.2) is 0 Å². The van der Waals surface area contributed by atoms with Gasteiger partial charge in [-0.2, -0.15) is 0 Å². The van der Waals surface area contributed by atoms with E-state index >= 15 is 0 Å². The predicted molar refractivity (Wildman–Crippen MR) is 69.7 cm³/mol. The summed E-state index contributed by atoms with van der Waals surface area (Å²) in [7, 11) is 0. The van der Waals surface area contributed by atoms with Crippen LogP contribution in [-0.4, -0.2) is 54.2 Å². The van der Waals surface area contributed by atoms with Crippen LogP contribution in [0, 0.1) is 12.3 Å². The van der Waals surface area contributed by atoms with Crippen LogP contribution in [0.1, 0.15) is 6.42 Å². The lowest BCUT2D eigenvalue weighted by atomic mass is 10.3. The average Bonchev–Trinajstić information content (AvgIpc) is 2.21. The van der Waals surface area contributed by atoms with Crippen molar-refractivity contribution in [3.05, 3.63) is 0 Å². The third-order valence-electron chi connectivity index (χ3n) is 1.27. The highest BCUT2D eigenvalue weighted by Crippen LogP contribution is 2.51. The van der Waals surface area contributed by atoms with Gasteiger partial charge in [-0.1, -0.05) is 0 Å². The quantitative estimate of drug-likeness (QED) is 0.350. The van der Waals surface area contributed by atoms with Crippen LogP contribution in [0.3, 0.4) is 0 Å².